The van der Waals surface area contributed by atoms with Crippen LogP contribution in [0.3, 0.4) is 0 Å². The number of amides is 1. The van der Waals surface area contributed by atoms with Crippen molar-refractivity contribution >= 4 is 5.91 Å². The molecule has 0 saturated carbocycles. The Kier molecular flexibility index (Phi) is 4.48. The molecule has 122 valence electrons. The average molecular weight is 313 g/mol. The fraction of sp³-hybridized carbons (Fsp3) is 0.444. The fourth-order valence-electron chi connectivity index (χ4n) is 3.16. The number of aryl methyl sites for hydroxylation is 2. The van der Waals surface area contributed by atoms with E-state index in [0.29, 0.717) is 17.4 Å². The zero-order valence-corrected chi connectivity index (χ0v) is 14.0. The lowest BCUT2D eigenvalue weighted by atomic mass is 10.1. The summed E-state index contributed by atoms with van der Waals surface area (Å²) in [5, 5.41) is 0. The monoisotopic (exact) mass is 313 g/mol. The normalized spacial score (nSPS) is 17.3. The summed E-state index contributed by atoms with van der Waals surface area (Å²) in [6.45, 7) is 9.14. The van der Waals surface area contributed by atoms with Crippen LogP contribution in [-0.2, 0) is 0 Å². The minimum atomic E-state index is 0.0769. The molecule has 3 rings (SSSR count). The molecule has 0 aromatic carbocycles. The maximum atomic E-state index is 12.6. The van der Waals surface area contributed by atoms with Gasteiger partial charge in [0.2, 0.25) is 0 Å². The van der Waals surface area contributed by atoms with Crippen LogP contribution in [0.2, 0.25) is 0 Å². The van der Waals surface area contributed by atoms with Gasteiger partial charge in [-0.15, -0.1) is 0 Å². The quantitative estimate of drug-likeness (QED) is 0.874. The van der Waals surface area contributed by atoms with E-state index in [2.05, 4.69) is 22.9 Å². The van der Waals surface area contributed by atoms with Crippen LogP contribution in [0.4, 0.5) is 0 Å². The molecular weight excluding hydrogens is 290 g/mol. The van der Waals surface area contributed by atoms with Crippen LogP contribution >= 0.6 is 0 Å². The van der Waals surface area contributed by atoms with Crippen LogP contribution in [0.1, 0.15) is 40.4 Å². The van der Waals surface area contributed by atoms with E-state index in [1.807, 2.05) is 37.1 Å². The predicted molar refractivity (Wildman–Crippen MR) is 88.3 cm³/mol. The molecule has 1 atom stereocenters. The van der Waals surface area contributed by atoms with Crippen LogP contribution in [0, 0.1) is 13.8 Å². The summed E-state index contributed by atoms with van der Waals surface area (Å²) in [6.07, 6.45) is 3.71. The number of piperazine rings is 1. The van der Waals surface area contributed by atoms with E-state index in [-0.39, 0.29) is 5.91 Å². The maximum Gasteiger partial charge on any atom is 0.257 e. The van der Waals surface area contributed by atoms with Crippen LogP contribution in [0.25, 0.3) is 0 Å². The highest BCUT2D eigenvalue weighted by Gasteiger charge is 2.27. The molecule has 1 aliphatic rings. The van der Waals surface area contributed by atoms with Gasteiger partial charge in [-0.2, -0.15) is 0 Å². The first-order chi connectivity index (χ1) is 11.1. The average Bonchev–Trinajstić information content (AvgIpc) is 2.93. The Labute approximate surface area is 136 Å². The van der Waals surface area contributed by atoms with Crippen molar-refractivity contribution in [3.63, 3.8) is 0 Å². The van der Waals surface area contributed by atoms with Gasteiger partial charge in [-0.3, -0.25) is 14.7 Å². The molecule has 23 heavy (non-hydrogen) atoms. The van der Waals surface area contributed by atoms with Crippen LogP contribution < -0.4 is 0 Å². The first kappa shape index (κ1) is 15.7. The van der Waals surface area contributed by atoms with Gasteiger partial charge in [-0.25, -0.2) is 0 Å². The van der Waals surface area contributed by atoms with Gasteiger partial charge in [0.05, 0.1) is 5.56 Å². The van der Waals surface area contributed by atoms with Crippen LogP contribution in [0.15, 0.2) is 35.0 Å². The Morgan fingerprint density at radius 2 is 2.00 bits per heavy atom. The summed E-state index contributed by atoms with van der Waals surface area (Å²) in [5.41, 5.74) is 1.91. The lowest BCUT2D eigenvalue weighted by Crippen LogP contribution is -2.49. The van der Waals surface area contributed by atoms with Crippen LogP contribution in [-0.4, -0.2) is 46.9 Å². The minimum absolute atomic E-state index is 0.0769. The third-order valence-electron chi connectivity index (χ3n) is 4.59. The van der Waals surface area contributed by atoms with E-state index in [4.69, 9.17) is 4.42 Å². The Morgan fingerprint density at radius 1 is 1.26 bits per heavy atom. The molecule has 1 saturated heterocycles. The zero-order valence-electron chi connectivity index (χ0n) is 14.0. The summed E-state index contributed by atoms with van der Waals surface area (Å²) in [7, 11) is 0. The number of furan rings is 1. The van der Waals surface area contributed by atoms with Gasteiger partial charge in [-0.05, 0) is 38.5 Å². The van der Waals surface area contributed by atoms with Crippen molar-refractivity contribution in [1.82, 2.24) is 14.8 Å². The van der Waals surface area contributed by atoms with Gasteiger partial charge >= 0.3 is 0 Å². The molecule has 1 amide bonds. The maximum absolute atomic E-state index is 12.6. The number of aromatic nitrogens is 1. The van der Waals surface area contributed by atoms with E-state index in [1.165, 1.54) is 5.56 Å². The fourth-order valence-corrected chi connectivity index (χ4v) is 3.16. The van der Waals surface area contributed by atoms with Crippen LogP contribution in [0.5, 0.6) is 0 Å². The number of carbonyl (C=O) groups is 1. The highest BCUT2D eigenvalue weighted by molar-refractivity contribution is 5.95. The summed E-state index contributed by atoms with van der Waals surface area (Å²) in [4.78, 5) is 21.1. The third-order valence-corrected chi connectivity index (χ3v) is 4.59. The van der Waals surface area contributed by atoms with E-state index in [0.717, 1.165) is 31.9 Å². The smallest absolute Gasteiger partial charge is 0.257 e. The first-order valence-corrected chi connectivity index (χ1v) is 8.06. The van der Waals surface area contributed by atoms with Crippen molar-refractivity contribution < 1.29 is 9.21 Å². The molecular formula is C18H23N3O2. The van der Waals surface area contributed by atoms with Gasteiger partial charge in [0.25, 0.3) is 5.91 Å². The molecule has 2 aromatic rings. The number of carbonyl (C=O) groups excluding carboxylic acids is 1. The Balaban J connectivity index is 1.62. The first-order valence-electron chi connectivity index (χ1n) is 8.06. The zero-order chi connectivity index (χ0) is 16.4. The number of pyridine rings is 1. The Hall–Kier alpha value is -2.14. The van der Waals surface area contributed by atoms with Gasteiger partial charge in [0.1, 0.15) is 11.5 Å². The molecule has 0 bridgehead atoms. The van der Waals surface area contributed by atoms with Gasteiger partial charge < -0.3 is 9.32 Å². The van der Waals surface area contributed by atoms with Crippen molar-refractivity contribution in [1.29, 1.82) is 0 Å². The molecule has 3 heterocycles. The Bertz CT molecular complexity index is 673. The van der Waals surface area contributed by atoms with Crippen molar-refractivity contribution in [2.75, 3.05) is 26.2 Å². The number of rotatable bonds is 3. The van der Waals surface area contributed by atoms with Crippen molar-refractivity contribution in [2.24, 2.45) is 0 Å². The molecule has 5 heteroatoms. The molecule has 0 spiro atoms. The summed E-state index contributed by atoms with van der Waals surface area (Å²) in [6, 6.07) is 6.23. The molecule has 1 aliphatic heterocycles. The van der Waals surface area contributed by atoms with Gasteiger partial charge in [-0.1, -0.05) is 6.07 Å². The number of hydrogen-bond acceptors (Lipinski definition) is 4. The Morgan fingerprint density at radius 3 is 2.57 bits per heavy atom. The standard InChI is InChI=1S/C18H23N3O2/c1-13-11-17(15(3)23-13)18(22)21-9-7-20(8-10-21)14(2)16-5-4-6-19-12-16/h4-6,11-12,14H,7-10H2,1-3H3. The second-order valence-electron chi connectivity index (χ2n) is 6.12. The number of hydrogen-bond donors (Lipinski definition) is 0. The molecule has 2 aromatic heterocycles. The van der Waals surface area contributed by atoms with E-state index in [1.54, 1.807) is 6.20 Å². The second-order valence-corrected chi connectivity index (χ2v) is 6.12. The van der Waals surface area contributed by atoms with Gasteiger partial charge in [0, 0.05) is 44.6 Å². The van der Waals surface area contributed by atoms with Crippen molar-refractivity contribution in [3.05, 3.63) is 53.2 Å². The topological polar surface area (TPSA) is 49.6 Å². The molecule has 0 N–H and O–H groups in total. The minimum Gasteiger partial charge on any atom is -0.466 e. The van der Waals surface area contributed by atoms with Gasteiger partial charge in [0.15, 0.2) is 0 Å². The summed E-state index contributed by atoms with van der Waals surface area (Å²) < 4.78 is 5.48. The SMILES string of the molecule is Cc1cc(C(=O)N2CCN(C(C)c3cccnc3)CC2)c(C)o1. The predicted octanol–water partition coefficient (Wildman–Crippen LogP) is 2.81. The highest BCUT2D eigenvalue weighted by Crippen LogP contribution is 2.22. The third kappa shape index (κ3) is 3.29. The molecule has 5 nitrogen and oxygen atoms in total. The summed E-state index contributed by atoms with van der Waals surface area (Å²) in [5.74, 6) is 1.57. The van der Waals surface area contributed by atoms with E-state index < -0.39 is 0 Å². The largest absolute Gasteiger partial charge is 0.466 e. The highest BCUT2D eigenvalue weighted by atomic mass is 16.3. The molecule has 1 unspecified atom stereocenters. The molecule has 0 aliphatic carbocycles. The van der Waals surface area contributed by atoms with Crippen molar-refractivity contribution in [2.45, 2.75) is 26.8 Å². The molecule has 0 radical (unpaired) electrons. The number of nitrogens with zero attached hydrogens (tertiary/aromatic N) is 3. The van der Waals surface area contributed by atoms with E-state index >= 15 is 0 Å². The van der Waals surface area contributed by atoms with E-state index in [9.17, 15) is 4.79 Å². The van der Waals surface area contributed by atoms with Crippen molar-refractivity contribution in [3.8, 4) is 0 Å². The lowest BCUT2D eigenvalue weighted by Gasteiger charge is -2.38. The summed E-state index contributed by atoms with van der Waals surface area (Å²) >= 11 is 0. The second kappa shape index (κ2) is 6.54. The lowest BCUT2D eigenvalue weighted by molar-refractivity contribution is 0.0580. The molecule has 1 fully saturated rings.